The third-order valence-corrected chi connectivity index (χ3v) is 6.19. The van der Waals surface area contributed by atoms with Crippen LogP contribution in [0.1, 0.15) is 37.3 Å². The standard InChI is InChI=1S/C26H34N2O4/c1-2-4-20-6-12-23(13-7-20)32-25-19-27(18-24(25)29)17-21-8-10-22(11-9-21)31-16-15-28-14-3-5-26(28)30/h6-13,24-25,29H,2-5,14-19H2,1H3/t24-,25-/m0/s1. The molecule has 2 aliphatic heterocycles. The summed E-state index contributed by atoms with van der Waals surface area (Å²) < 4.78 is 11.9. The molecule has 0 bridgehead atoms. The Morgan fingerprint density at radius 1 is 1.00 bits per heavy atom. The summed E-state index contributed by atoms with van der Waals surface area (Å²) in [7, 11) is 0. The van der Waals surface area contributed by atoms with E-state index in [1.54, 1.807) is 0 Å². The van der Waals surface area contributed by atoms with Crippen molar-refractivity contribution in [3.63, 3.8) is 0 Å². The Kier molecular flexibility index (Phi) is 7.66. The van der Waals surface area contributed by atoms with Crippen molar-refractivity contribution >= 4 is 5.91 Å². The van der Waals surface area contributed by atoms with Crippen LogP contribution in [-0.4, -0.2) is 65.8 Å². The van der Waals surface area contributed by atoms with Crippen LogP contribution in [0.3, 0.4) is 0 Å². The van der Waals surface area contributed by atoms with Crippen molar-refractivity contribution in [2.45, 2.75) is 51.4 Å². The van der Waals surface area contributed by atoms with Gasteiger partial charge in [-0.3, -0.25) is 9.69 Å². The summed E-state index contributed by atoms with van der Waals surface area (Å²) in [6, 6.07) is 16.3. The first-order valence-electron chi connectivity index (χ1n) is 11.8. The molecule has 0 aromatic heterocycles. The topological polar surface area (TPSA) is 62.2 Å². The minimum atomic E-state index is -0.499. The third-order valence-electron chi connectivity index (χ3n) is 6.19. The summed E-state index contributed by atoms with van der Waals surface area (Å²) in [5.41, 5.74) is 2.48. The second-order valence-corrected chi connectivity index (χ2v) is 8.79. The fourth-order valence-corrected chi connectivity index (χ4v) is 4.44. The van der Waals surface area contributed by atoms with E-state index in [9.17, 15) is 9.90 Å². The van der Waals surface area contributed by atoms with Crippen molar-refractivity contribution in [1.29, 1.82) is 0 Å². The molecule has 0 aliphatic carbocycles. The molecule has 0 unspecified atom stereocenters. The fourth-order valence-electron chi connectivity index (χ4n) is 4.44. The van der Waals surface area contributed by atoms with Gasteiger partial charge in [-0.1, -0.05) is 37.6 Å². The van der Waals surface area contributed by atoms with E-state index in [2.05, 4.69) is 36.1 Å². The number of aryl methyl sites for hydroxylation is 1. The molecule has 32 heavy (non-hydrogen) atoms. The van der Waals surface area contributed by atoms with E-state index in [1.165, 1.54) is 11.1 Å². The van der Waals surface area contributed by atoms with Gasteiger partial charge in [0.15, 0.2) is 0 Å². The molecule has 0 radical (unpaired) electrons. The van der Waals surface area contributed by atoms with Crippen LogP contribution in [0.25, 0.3) is 0 Å². The highest BCUT2D eigenvalue weighted by Gasteiger charge is 2.33. The lowest BCUT2D eigenvalue weighted by molar-refractivity contribution is -0.128. The van der Waals surface area contributed by atoms with Gasteiger partial charge >= 0.3 is 0 Å². The van der Waals surface area contributed by atoms with Crippen LogP contribution in [0.4, 0.5) is 0 Å². The van der Waals surface area contributed by atoms with Gasteiger partial charge in [-0.15, -0.1) is 0 Å². The Hall–Kier alpha value is -2.57. The number of aliphatic hydroxyl groups is 1. The number of rotatable bonds is 10. The molecular formula is C26H34N2O4. The van der Waals surface area contributed by atoms with Crippen LogP contribution in [0.2, 0.25) is 0 Å². The van der Waals surface area contributed by atoms with E-state index < -0.39 is 6.10 Å². The number of hydrogen-bond acceptors (Lipinski definition) is 5. The molecule has 6 heteroatoms. The first-order chi connectivity index (χ1) is 15.6. The van der Waals surface area contributed by atoms with Crippen molar-refractivity contribution in [2.24, 2.45) is 0 Å². The van der Waals surface area contributed by atoms with E-state index in [0.29, 0.717) is 32.7 Å². The Bertz CT molecular complexity index is 868. The van der Waals surface area contributed by atoms with Crippen molar-refractivity contribution in [3.05, 3.63) is 59.7 Å². The maximum Gasteiger partial charge on any atom is 0.222 e. The average Bonchev–Trinajstić information content (AvgIpc) is 3.35. The molecular weight excluding hydrogens is 404 g/mol. The van der Waals surface area contributed by atoms with Gasteiger partial charge in [0.25, 0.3) is 0 Å². The average molecular weight is 439 g/mol. The maximum absolute atomic E-state index is 11.7. The van der Waals surface area contributed by atoms with Crippen LogP contribution in [0.5, 0.6) is 11.5 Å². The number of β-amino-alcohol motifs (C(OH)–C–C–N with tert-alkyl or cyclic N) is 1. The molecule has 2 aromatic rings. The molecule has 4 rings (SSSR count). The largest absolute Gasteiger partial charge is 0.492 e. The van der Waals surface area contributed by atoms with Gasteiger partial charge in [-0.05, 0) is 48.2 Å². The molecule has 1 N–H and O–H groups in total. The van der Waals surface area contributed by atoms with Crippen LogP contribution < -0.4 is 9.47 Å². The molecule has 0 spiro atoms. The minimum absolute atomic E-state index is 0.220. The molecule has 6 nitrogen and oxygen atoms in total. The second-order valence-electron chi connectivity index (χ2n) is 8.79. The number of carbonyl (C=O) groups excluding carboxylic acids is 1. The van der Waals surface area contributed by atoms with Crippen LogP contribution in [0, 0.1) is 0 Å². The number of carbonyl (C=O) groups is 1. The smallest absolute Gasteiger partial charge is 0.222 e. The van der Waals surface area contributed by atoms with E-state index in [4.69, 9.17) is 9.47 Å². The van der Waals surface area contributed by atoms with Gasteiger partial charge < -0.3 is 19.5 Å². The molecule has 2 aromatic carbocycles. The summed E-state index contributed by atoms with van der Waals surface area (Å²) in [6.07, 6.45) is 3.10. The molecule has 0 saturated carbocycles. The minimum Gasteiger partial charge on any atom is -0.492 e. The van der Waals surface area contributed by atoms with Gasteiger partial charge in [-0.2, -0.15) is 0 Å². The second kappa shape index (κ2) is 10.8. The third kappa shape index (κ3) is 6.02. The van der Waals surface area contributed by atoms with E-state index in [-0.39, 0.29) is 12.0 Å². The lowest BCUT2D eigenvalue weighted by Gasteiger charge is -2.18. The zero-order valence-corrected chi connectivity index (χ0v) is 18.9. The first kappa shape index (κ1) is 22.6. The predicted molar refractivity (Wildman–Crippen MR) is 124 cm³/mol. The van der Waals surface area contributed by atoms with Crippen molar-refractivity contribution in [3.8, 4) is 11.5 Å². The molecule has 1 amide bonds. The van der Waals surface area contributed by atoms with Crippen molar-refractivity contribution in [2.75, 3.05) is 32.8 Å². The Labute approximate surface area is 190 Å². The number of likely N-dealkylation sites (tertiary alicyclic amines) is 2. The summed E-state index contributed by atoms with van der Waals surface area (Å²) in [5.74, 6) is 1.86. The summed E-state index contributed by atoms with van der Waals surface area (Å²) in [6.45, 7) is 6.23. The zero-order chi connectivity index (χ0) is 22.3. The van der Waals surface area contributed by atoms with E-state index >= 15 is 0 Å². The highest BCUT2D eigenvalue weighted by atomic mass is 16.5. The van der Waals surface area contributed by atoms with Crippen molar-refractivity contribution < 1.29 is 19.4 Å². The summed E-state index contributed by atoms with van der Waals surface area (Å²) >= 11 is 0. The predicted octanol–water partition coefficient (Wildman–Crippen LogP) is 3.26. The molecule has 2 atom stereocenters. The quantitative estimate of drug-likeness (QED) is 0.617. The Morgan fingerprint density at radius 3 is 2.41 bits per heavy atom. The number of hydrogen-bond donors (Lipinski definition) is 1. The van der Waals surface area contributed by atoms with Crippen LogP contribution in [-0.2, 0) is 17.8 Å². The van der Waals surface area contributed by atoms with Crippen molar-refractivity contribution in [1.82, 2.24) is 9.80 Å². The molecule has 172 valence electrons. The van der Waals surface area contributed by atoms with Gasteiger partial charge in [0.1, 0.15) is 30.3 Å². The van der Waals surface area contributed by atoms with E-state index in [1.807, 2.05) is 29.2 Å². The molecule has 2 heterocycles. The normalized spacial score (nSPS) is 21.3. The molecule has 2 aliphatic rings. The number of benzene rings is 2. The number of ether oxygens (including phenoxy) is 2. The lowest BCUT2D eigenvalue weighted by Crippen LogP contribution is -2.29. The lowest BCUT2D eigenvalue weighted by atomic mass is 10.1. The Morgan fingerprint density at radius 2 is 1.72 bits per heavy atom. The van der Waals surface area contributed by atoms with Gasteiger partial charge in [-0.25, -0.2) is 0 Å². The number of amides is 1. The van der Waals surface area contributed by atoms with Gasteiger partial charge in [0.2, 0.25) is 5.91 Å². The zero-order valence-electron chi connectivity index (χ0n) is 18.9. The number of nitrogens with zero attached hydrogens (tertiary/aromatic N) is 2. The van der Waals surface area contributed by atoms with E-state index in [0.717, 1.165) is 43.9 Å². The van der Waals surface area contributed by atoms with Crippen LogP contribution in [0.15, 0.2) is 48.5 Å². The number of aliphatic hydroxyl groups excluding tert-OH is 1. The van der Waals surface area contributed by atoms with Gasteiger partial charge in [0, 0.05) is 32.6 Å². The maximum atomic E-state index is 11.7. The van der Waals surface area contributed by atoms with Gasteiger partial charge in [0.05, 0.1) is 6.54 Å². The first-order valence-corrected chi connectivity index (χ1v) is 11.8. The molecule has 2 fully saturated rings. The SMILES string of the molecule is CCCc1ccc(O[C@H]2CN(Cc3ccc(OCCN4CCCC4=O)cc3)C[C@@H]2O)cc1. The monoisotopic (exact) mass is 438 g/mol. The Balaban J connectivity index is 1.22. The fraction of sp³-hybridized carbons (Fsp3) is 0.500. The summed E-state index contributed by atoms with van der Waals surface area (Å²) in [5, 5.41) is 10.5. The highest BCUT2D eigenvalue weighted by molar-refractivity contribution is 5.78. The molecule has 2 saturated heterocycles. The van der Waals surface area contributed by atoms with Crippen LogP contribution >= 0.6 is 0 Å². The highest BCUT2D eigenvalue weighted by Crippen LogP contribution is 2.22. The summed E-state index contributed by atoms with van der Waals surface area (Å²) in [4.78, 5) is 15.7.